The lowest BCUT2D eigenvalue weighted by Crippen LogP contribution is -2.52. The summed E-state index contributed by atoms with van der Waals surface area (Å²) in [5, 5.41) is 8.70. The van der Waals surface area contributed by atoms with E-state index in [4.69, 9.17) is 9.47 Å². The summed E-state index contributed by atoms with van der Waals surface area (Å²) < 4.78 is 13.2. The maximum Gasteiger partial charge on any atom is 0.263 e. The molecule has 32 heavy (non-hydrogen) atoms. The SMILES string of the molecule is COc1cc(C)ccc1OC(C)C(=O)N1CCN(c2ccc(-n3ccnc3C)nn2)CC1. The standard InChI is InChI=1S/C23H28N6O3/c1-16-5-6-19(20(15-16)31-4)32-17(2)23(30)28-13-11-27(12-14-28)21-7-8-22(26-25-21)29-10-9-24-18(29)3/h5-10,15,17H,11-14H2,1-4H3. The summed E-state index contributed by atoms with van der Waals surface area (Å²) in [4.78, 5) is 21.1. The van der Waals surface area contributed by atoms with Gasteiger partial charge < -0.3 is 19.3 Å². The van der Waals surface area contributed by atoms with Gasteiger partial charge in [-0.2, -0.15) is 0 Å². The fourth-order valence-electron chi connectivity index (χ4n) is 3.76. The fourth-order valence-corrected chi connectivity index (χ4v) is 3.76. The number of carbonyl (C=O) groups is 1. The molecule has 1 aliphatic rings. The van der Waals surface area contributed by atoms with Crippen molar-refractivity contribution in [3.05, 3.63) is 54.1 Å². The second-order valence-corrected chi connectivity index (χ2v) is 7.82. The largest absolute Gasteiger partial charge is 0.493 e. The Morgan fingerprint density at radius 2 is 1.72 bits per heavy atom. The molecule has 168 valence electrons. The Hall–Kier alpha value is -3.62. The van der Waals surface area contributed by atoms with Crippen molar-refractivity contribution in [1.29, 1.82) is 0 Å². The van der Waals surface area contributed by atoms with E-state index in [9.17, 15) is 4.79 Å². The molecule has 2 aromatic heterocycles. The van der Waals surface area contributed by atoms with E-state index in [2.05, 4.69) is 20.1 Å². The van der Waals surface area contributed by atoms with Crippen molar-refractivity contribution in [3.8, 4) is 17.3 Å². The van der Waals surface area contributed by atoms with E-state index in [1.807, 2.05) is 59.8 Å². The zero-order chi connectivity index (χ0) is 22.7. The van der Waals surface area contributed by atoms with Gasteiger partial charge in [0.25, 0.3) is 5.91 Å². The van der Waals surface area contributed by atoms with E-state index in [1.54, 1.807) is 20.2 Å². The fraction of sp³-hybridized carbons (Fsp3) is 0.391. The summed E-state index contributed by atoms with van der Waals surface area (Å²) in [5.74, 6) is 3.55. The van der Waals surface area contributed by atoms with Gasteiger partial charge in [0.1, 0.15) is 5.82 Å². The van der Waals surface area contributed by atoms with Crippen molar-refractivity contribution in [2.75, 3.05) is 38.2 Å². The highest BCUT2D eigenvalue weighted by Crippen LogP contribution is 2.29. The van der Waals surface area contributed by atoms with Crippen LogP contribution in [0.15, 0.2) is 42.7 Å². The highest BCUT2D eigenvalue weighted by atomic mass is 16.5. The first-order valence-corrected chi connectivity index (χ1v) is 10.7. The number of hydrogen-bond donors (Lipinski definition) is 0. The Morgan fingerprint density at radius 3 is 2.34 bits per heavy atom. The molecule has 1 atom stereocenters. The molecule has 0 spiro atoms. The number of piperazine rings is 1. The molecule has 0 bridgehead atoms. The minimum absolute atomic E-state index is 0.0377. The summed E-state index contributed by atoms with van der Waals surface area (Å²) in [6.45, 7) is 8.25. The van der Waals surface area contributed by atoms with Crippen LogP contribution in [0.4, 0.5) is 5.82 Å². The monoisotopic (exact) mass is 436 g/mol. The summed E-state index contributed by atoms with van der Waals surface area (Å²) >= 11 is 0. The number of benzene rings is 1. The summed E-state index contributed by atoms with van der Waals surface area (Å²) in [7, 11) is 1.60. The minimum Gasteiger partial charge on any atom is -0.493 e. The lowest BCUT2D eigenvalue weighted by atomic mass is 10.2. The van der Waals surface area contributed by atoms with E-state index >= 15 is 0 Å². The van der Waals surface area contributed by atoms with Crippen LogP contribution in [0.5, 0.6) is 11.5 Å². The highest BCUT2D eigenvalue weighted by molar-refractivity contribution is 5.81. The topological polar surface area (TPSA) is 85.6 Å². The second-order valence-electron chi connectivity index (χ2n) is 7.82. The van der Waals surface area contributed by atoms with Crippen molar-refractivity contribution >= 4 is 11.7 Å². The van der Waals surface area contributed by atoms with Gasteiger partial charge in [0.15, 0.2) is 29.2 Å². The molecular weight excluding hydrogens is 408 g/mol. The summed E-state index contributed by atoms with van der Waals surface area (Å²) in [6, 6.07) is 9.55. The Kier molecular flexibility index (Phi) is 6.25. The molecule has 1 fully saturated rings. The van der Waals surface area contributed by atoms with Crippen LogP contribution in [0, 0.1) is 13.8 Å². The number of anilines is 1. The van der Waals surface area contributed by atoms with Crippen LogP contribution in [0.3, 0.4) is 0 Å². The van der Waals surface area contributed by atoms with E-state index in [-0.39, 0.29) is 5.91 Å². The average molecular weight is 437 g/mol. The van der Waals surface area contributed by atoms with E-state index in [0.717, 1.165) is 23.0 Å². The zero-order valence-electron chi connectivity index (χ0n) is 18.9. The van der Waals surface area contributed by atoms with Gasteiger partial charge in [-0.05, 0) is 50.6 Å². The third-order valence-corrected chi connectivity index (χ3v) is 5.59. The molecule has 1 amide bonds. The Balaban J connectivity index is 1.34. The molecule has 9 nitrogen and oxygen atoms in total. The van der Waals surface area contributed by atoms with Crippen LogP contribution in [0.1, 0.15) is 18.3 Å². The number of ether oxygens (including phenoxy) is 2. The molecule has 0 saturated carbocycles. The quantitative estimate of drug-likeness (QED) is 0.587. The van der Waals surface area contributed by atoms with Gasteiger partial charge in [0, 0.05) is 38.6 Å². The lowest BCUT2D eigenvalue weighted by molar-refractivity contribution is -0.138. The third-order valence-electron chi connectivity index (χ3n) is 5.59. The predicted octanol–water partition coefficient (Wildman–Crippen LogP) is 2.40. The van der Waals surface area contributed by atoms with Gasteiger partial charge in [0.2, 0.25) is 0 Å². The lowest BCUT2D eigenvalue weighted by Gasteiger charge is -2.36. The molecule has 0 radical (unpaired) electrons. The normalized spacial score (nSPS) is 14.9. The Morgan fingerprint density at radius 1 is 1.00 bits per heavy atom. The average Bonchev–Trinajstić information content (AvgIpc) is 3.25. The molecule has 3 aromatic rings. The van der Waals surface area contributed by atoms with E-state index < -0.39 is 6.10 Å². The van der Waals surface area contributed by atoms with Crippen LogP contribution in [-0.2, 0) is 4.79 Å². The number of carbonyl (C=O) groups excluding carboxylic acids is 1. The molecule has 0 aliphatic carbocycles. The smallest absolute Gasteiger partial charge is 0.263 e. The summed E-state index contributed by atoms with van der Waals surface area (Å²) in [6.07, 6.45) is 3.00. The van der Waals surface area contributed by atoms with Crippen molar-refractivity contribution in [3.63, 3.8) is 0 Å². The number of methoxy groups -OCH3 is 1. The van der Waals surface area contributed by atoms with Crippen LogP contribution >= 0.6 is 0 Å². The molecular formula is C23H28N6O3. The first kappa shape index (κ1) is 21.6. The van der Waals surface area contributed by atoms with Crippen LogP contribution in [0.25, 0.3) is 5.82 Å². The summed E-state index contributed by atoms with van der Waals surface area (Å²) in [5.41, 5.74) is 1.07. The van der Waals surface area contributed by atoms with Gasteiger partial charge in [0.05, 0.1) is 7.11 Å². The van der Waals surface area contributed by atoms with Crippen LogP contribution in [-0.4, -0.2) is 69.9 Å². The number of rotatable bonds is 6. The minimum atomic E-state index is -0.601. The van der Waals surface area contributed by atoms with Crippen molar-refractivity contribution in [2.24, 2.45) is 0 Å². The van der Waals surface area contributed by atoms with Gasteiger partial charge in [-0.3, -0.25) is 9.36 Å². The maximum atomic E-state index is 12.9. The second kappa shape index (κ2) is 9.25. The molecule has 4 rings (SSSR count). The number of nitrogens with zero attached hydrogens (tertiary/aromatic N) is 6. The zero-order valence-corrected chi connectivity index (χ0v) is 18.9. The molecule has 1 saturated heterocycles. The van der Waals surface area contributed by atoms with Crippen molar-refractivity contribution < 1.29 is 14.3 Å². The molecule has 3 heterocycles. The molecule has 1 aromatic carbocycles. The van der Waals surface area contributed by atoms with Gasteiger partial charge in [-0.15, -0.1) is 10.2 Å². The first-order valence-electron chi connectivity index (χ1n) is 10.7. The van der Waals surface area contributed by atoms with Crippen molar-refractivity contribution in [1.82, 2.24) is 24.6 Å². The predicted molar refractivity (Wildman–Crippen MR) is 121 cm³/mol. The Labute approximate surface area is 187 Å². The van der Waals surface area contributed by atoms with Crippen LogP contribution < -0.4 is 14.4 Å². The molecule has 0 N–H and O–H groups in total. The van der Waals surface area contributed by atoms with Gasteiger partial charge in [-0.25, -0.2) is 4.98 Å². The first-order chi connectivity index (χ1) is 15.5. The van der Waals surface area contributed by atoms with Gasteiger partial charge >= 0.3 is 0 Å². The number of hydrogen-bond acceptors (Lipinski definition) is 7. The van der Waals surface area contributed by atoms with E-state index in [1.165, 1.54) is 0 Å². The van der Waals surface area contributed by atoms with Crippen LogP contribution in [0.2, 0.25) is 0 Å². The number of imidazole rings is 1. The Bertz CT molecular complexity index is 1070. The number of aryl methyl sites for hydroxylation is 2. The maximum absolute atomic E-state index is 12.9. The number of amides is 1. The molecule has 9 heteroatoms. The van der Waals surface area contributed by atoms with Crippen molar-refractivity contribution in [2.45, 2.75) is 26.9 Å². The van der Waals surface area contributed by atoms with E-state index in [0.29, 0.717) is 37.7 Å². The number of aromatic nitrogens is 4. The highest BCUT2D eigenvalue weighted by Gasteiger charge is 2.27. The van der Waals surface area contributed by atoms with Gasteiger partial charge in [-0.1, -0.05) is 6.07 Å². The molecule has 1 aliphatic heterocycles. The molecule has 1 unspecified atom stereocenters. The third kappa shape index (κ3) is 4.51.